The number of methoxy groups -OCH3 is 1. The summed E-state index contributed by atoms with van der Waals surface area (Å²) < 4.78 is 35.1. The molecular weight excluding hydrogens is 346 g/mol. The molecule has 0 unspecified atom stereocenters. The zero-order valence-corrected chi connectivity index (χ0v) is 12.7. The van der Waals surface area contributed by atoms with Crippen LogP contribution in [0.25, 0.3) is 0 Å². The summed E-state index contributed by atoms with van der Waals surface area (Å²) in [7, 11) is 1.50. The summed E-state index contributed by atoms with van der Waals surface area (Å²) in [5.41, 5.74) is 1.17. The van der Waals surface area contributed by atoms with Gasteiger partial charge in [-0.05, 0) is 40.2 Å². The molecule has 0 saturated heterocycles. The SMILES string of the molecule is COc1ccc(OC(F)F)c(NCc2cccc(Br)n2)c1. The summed E-state index contributed by atoms with van der Waals surface area (Å²) in [5, 5.41) is 3.02. The lowest BCUT2D eigenvalue weighted by atomic mass is 10.2. The Kier molecular flexibility index (Phi) is 5.32. The van der Waals surface area contributed by atoms with E-state index in [4.69, 9.17) is 4.74 Å². The average molecular weight is 359 g/mol. The topological polar surface area (TPSA) is 43.4 Å². The smallest absolute Gasteiger partial charge is 0.387 e. The third-order valence-electron chi connectivity index (χ3n) is 2.64. The van der Waals surface area contributed by atoms with Crippen LogP contribution in [0.3, 0.4) is 0 Å². The lowest BCUT2D eigenvalue weighted by Gasteiger charge is -2.14. The molecule has 21 heavy (non-hydrogen) atoms. The zero-order chi connectivity index (χ0) is 15.2. The number of benzene rings is 1. The summed E-state index contributed by atoms with van der Waals surface area (Å²) in [4.78, 5) is 4.26. The van der Waals surface area contributed by atoms with Crippen LogP contribution in [0, 0.1) is 0 Å². The number of aromatic nitrogens is 1. The quantitative estimate of drug-likeness (QED) is 0.790. The fourth-order valence-electron chi connectivity index (χ4n) is 1.71. The van der Waals surface area contributed by atoms with Crippen LogP contribution < -0.4 is 14.8 Å². The normalized spacial score (nSPS) is 10.5. The molecule has 0 amide bonds. The number of rotatable bonds is 6. The fourth-order valence-corrected chi connectivity index (χ4v) is 2.09. The van der Waals surface area contributed by atoms with Crippen molar-refractivity contribution in [1.29, 1.82) is 0 Å². The lowest BCUT2D eigenvalue weighted by Crippen LogP contribution is -2.07. The van der Waals surface area contributed by atoms with Crippen LogP contribution in [-0.4, -0.2) is 18.7 Å². The van der Waals surface area contributed by atoms with Crippen molar-refractivity contribution in [2.45, 2.75) is 13.2 Å². The predicted molar refractivity (Wildman–Crippen MR) is 78.9 cm³/mol. The second-order valence-electron chi connectivity index (χ2n) is 4.05. The molecule has 1 N–H and O–H groups in total. The van der Waals surface area contributed by atoms with E-state index in [2.05, 4.69) is 31.0 Å². The summed E-state index contributed by atoms with van der Waals surface area (Å²) in [5.74, 6) is 0.599. The molecule has 2 rings (SSSR count). The Morgan fingerprint density at radius 3 is 2.76 bits per heavy atom. The first kappa shape index (κ1) is 15.5. The number of nitrogens with zero attached hydrogens (tertiary/aromatic N) is 1. The number of hydrogen-bond acceptors (Lipinski definition) is 4. The van der Waals surface area contributed by atoms with Crippen LogP contribution in [-0.2, 0) is 6.54 Å². The number of pyridine rings is 1. The molecule has 0 radical (unpaired) electrons. The van der Waals surface area contributed by atoms with E-state index >= 15 is 0 Å². The Balaban J connectivity index is 2.16. The van der Waals surface area contributed by atoms with Crippen molar-refractivity contribution >= 4 is 21.6 Å². The average Bonchev–Trinajstić information content (AvgIpc) is 2.46. The maximum absolute atomic E-state index is 12.4. The van der Waals surface area contributed by atoms with Gasteiger partial charge in [0, 0.05) is 6.07 Å². The van der Waals surface area contributed by atoms with E-state index in [1.165, 1.54) is 13.2 Å². The number of ether oxygens (including phenoxy) is 2. The summed E-state index contributed by atoms with van der Waals surface area (Å²) in [6.07, 6.45) is 0. The molecule has 1 aromatic carbocycles. The number of alkyl halides is 2. The summed E-state index contributed by atoms with van der Waals surface area (Å²) >= 11 is 3.28. The molecule has 0 saturated carbocycles. The molecule has 1 heterocycles. The third-order valence-corrected chi connectivity index (χ3v) is 3.08. The zero-order valence-electron chi connectivity index (χ0n) is 11.1. The standard InChI is InChI=1S/C14H13BrF2N2O2/c1-20-10-5-6-12(21-14(16)17)11(7-10)18-8-9-3-2-4-13(15)19-9/h2-7,14,18H,8H2,1H3. The monoisotopic (exact) mass is 358 g/mol. The van der Waals surface area contributed by atoms with Gasteiger partial charge in [0.2, 0.25) is 0 Å². The van der Waals surface area contributed by atoms with Gasteiger partial charge in [0.1, 0.15) is 16.1 Å². The van der Waals surface area contributed by atoms with Crippen LogP contribution in [0.1, 0.15) is 5.69 Å². The minimum Gasteiger partial charge on any atom is -0.497 e. The van der Waals surface area contributed by atoms with Crippen LogP contribution in [0.5, 0.6) is 11.5 Å². The van der Waals surface area contributed by atoms with Crippen molar-refractivity contribution in [1.82, 2.24) is 4.98 Å². The first-order valence-electron chi connectivity index (χ1n) is 6.06. The molecule has 0 bridgehead atoms. The largest absolute Gasteiger partial charge is 0.497 e. The van der Waals surface area contributed by atoms with Crippen molar-refractivity contribution in [2.24, 2.45) is 0 Å². The second-order valence-corrected chi connectivity index (χ2v) is 4.86. The van der Waals surface area contributed by atoms with Crippen LogP contribution in [0.15, 0.2) is 41.0 Å². The third kappa shape index (κ3) is 4.56. The molecule has 0 aliphatic heterocycles. The Hall–Kier alpha value is -1.89. The molecule has 1 aromatic heterocycles. The van der Waals surface area contributed by atoms with E-state index in [9.17, 15) is 8.78 Å². The van der Waals surface area contributed by atoms with Gasteiger partial charge in [-0.2, -0.15) is 8.78 Å². The number of halogens is 3. The lowest BCUT2D eigenvalue weighted by molar-refractivity contribution is -0.0494. The van der Waals surface area contributed by atoms with Gasteiger partial charge in [0.05, 0.1) is 25.0 Å². The first-order chi connectivity index (χ1) is 10.1. The van der Waals surface area contributed by atoms with Gasteiger partial charge in [-0.25, -0.2) is 4.98 Å². The van der Waals surface area contributed by atoms with E-state index in [0.29, 0.717) is 22.6 Å². The van der Waals surface area contributed by atoms with Crippen molar-refractivity contribution < 1.29 is 18.3 Å². The molecule has 0 aliphatic carbocycles. The molecule has 7 heteroatoms. The Morgan fingerprint density at radius 1 is 1.29 bits per heavy atom. The van der Waals surface area contributed by atoms with Gasteiger partial charge in [-0.3, -0.25) is 0 Å². The van der Waals surface area contributed by atoms with Crippen molar-refractivity contribution in [3.8, 4) is 11.5 Å². The van der Waals surface area contributed by atoms with E-state index in [1.807, 2.05) is 12.1 Å². The van der Waals surface area contributed by atoms with Crippen LogP contribution >= 0.6 is 15.9 Å². The molecule has 112 valence electrons. The van der Waals surface area contributed by atoms with Gasteiger partial charge in [-0.15, -0.1) is 0 Å². The highest BCUT2D eigenvalue weighted by Crippen LogP contribution is 2.30. The van der Waals surface area contributed by atoms with Crippen LogP contribution in [0.2, 0.25) is 0 Å². The number of nitrogens with one attached hydrogen (secondary N) is 1. The van der Waals surface area contributed by atoms with E-state index in [0.717, 1.165) is 5.69 Å². The number of anilines is 1. The minimum absolute atomic E-state index is 0.0563. The molecule has 0 atom stereocenters. The molecule has 0 fully saturated rings. The Bertz CT molecular complexity index is 611. The highest BCUT2D eigenvalue weighted by atomic mass is 79.9. The predicted octanol–water partition coefficient (Wildman–Crippen LogP) is 4.07. The Morgan fingerprint density at radius 2 is 2.10 bits per heavy atom. The van der Waals surface area contributed by atoms with E-state index in [-0.39, 0.29) is 5.75 Å². The highest BCUT2D eigenvalue weighted by molar-refractivity contribution is 9.10. The summed E-state index contributed by atoms with van der Waals surface area (Å²) in [6.45, 7) is -2.52. The van der Waals surface area contributed by atoms with Crippen molar-refractivity contribution in [2.75, 3.05) is 12.4 Å². The highest BCUT2D eigenvalue weighted by Gasteiger charge is 2.11. The van der Waals surface area contributed by atoms with Gasteiger partial charge in [0.25, 0.3) is 0 Å². The van der Waals surface area contributed by atoms with E-state index in [1.54, 1.807) is 18.2 Å². The van der Waals surface area contributed by atoms with Crippen molar-refractivity contribution in [3.05, 3.63) is 46.7 Å². The fraction of sp³-hybridized carbons (Fsp3) is 0.214. The van der Waals surface area contributed by atoms with Gasteiger partial charge in [-0.1, -0.05) is 6.07 Å². The molecule has 0 spiro atoms. The first-order valence-corrected chi connectivity index (χ1v) is 6.86. The molecule has 4 nitrogen and oxygen atoms in total. The number of hydrogen-bond donors (Lipinski definition) is 1. The molecular formula is C14H13BrF2N2O2. The van der Waals surface area contributed by atoms with Gasteiger partial charge >= 0.3 is 6.61 Å². The minimum atomic E-state index is -2.89. The van der Waals surface area contributed by atoms with E-state index < -0.39 is 6.61 Å². The van der Waals surface area contributed by atoms with Crippen LogP contribution in [0.4, 0.5) is 14.5 Å². The Labute approximate surface area is 129 Å². The maximum Gasteiger partial charge on any atom is 0.387 e. The molecule has 2 aromatic rings. The molecule has 0 aliphatic rings. The maximum atomic E-state index is 12.4. The van der Waals surface area contributed by atoms with Crippen molar-refractivity contribution in [3.63, 3.8) is 0 Å². The van der Waals surface area contributed by atoms with Gasteiger partial charge in [0.15, 0.2) is 0 Å². The second kappa shape index (κ2) is 7.21. The van der Waals surface area contributed by atoms with Gasteiger partial charge < -0.3 is 14.8 Å². The summed E-state index contributed by atoms with van der Waals surface area (Å²) in [6, 6.07) is 10.1.